The Bertz CT molecular complexity index is 79.0. The van der Waals surface area contributed by atoms with Crippen molar-refractivity contribution in [2.75, 3.05) is 24.7 Å². The van der Waals surface area contributed by atoms with Gasteiger partial charge in [0.25, 0.3) is 0 Å². The molecule has 4 heteroatoms. The maximum Gasteiger partial charge on any atom is 0.0431 e. The standard InChI is InChI=1S/2C6H14OS/c2*7-5-3-1-2-4-6-8/h2*7-8H,1-6H2. The van der Waals surface area contributed by atoms with Gasteiger partial charge in [0.1, 0.15) is 0 Å². The average Bonchev–Trinajstić information content (AvgIpc) is 2.31. The van der Waals surface area contributed by atoms with Crippen LogP contribution in [0.2, 0.25) is 0 Å². The van der Waals surface area contributed by atoms with E-state index in [0.29, 0.717) is 13.2 Å². The Hall–Kier alpha value is 0.620. The van der Waals surface area contributed by atoms with E-state index in [9.17, 15) is 0 Å². The van der Waals surface area contributed by atoms with Gasteiger partial charge in [0, 0.05) is 13.2 Å². The highest BCUT2D eigenvalue weighted by Crippen LogP contribution is 1.99. The molecule has 0 rings (SSSR count). The number of aliphatic hydroxyl groups is 2. The molecule has 0 saturated heterocycles. The van der Waals surface area contributed by atoms with Crippen LogP contribution in [0.5, 0.6) is 0 Å². The van der Waals surface area contributed by atoms with Crippen LogP contribution in [0.15, 0.2) is 0 Å². The van der Waals surface area contributed by atoms with Crippen LogP contribution in [-0.4, -0.2) is 34.9 Å². The fourth-order valence-corrected chi connectivity index (χ4v) is 1.60. The van der Waals surface area contributed by atoms with E-state index in [1.165, 1.54) is 25.7 Å². The number of thiol groups is 2. The molecule has 0 atom stereocenters. The molecule has 0 heterocycles. The van der Waals surface area contributed by atoms with E-state index in [1.54, 1.807) is 0 Å². The fourth-order valence-electron chi connectivity index (χ4n) is 1.15. The Morgan fingerprint density at radius 3 is 1.06 bits per heavy atom. The van der Waals surface area contributed by atoms with E-state index in [0.717, 1.165) is 37.2 Å². The van der Waals surface area contributed by atoms with Crippen molar-refractivity contribution >= 4 is 25.3 Å². The van der Waals surface area contributed by atoms with Gasteiger partial charge in [-0.25, -0.2) is 0 Å². The van der Waals surface area contributed by atoms with E-state index in [1.807, 2.05) is 0 Å². The van der Waals surface area contributed by atoms with Gasteiger partial charge in [0.2, 0.25) is 0 Å². The Balaban J connectivity index is 0. The summed E-state index contributed by atoms with van der Waals surface area (Å²) in [6.07, 6.45) is 9.00. The summed E-state index contributed by atoms with van der Waals surface area (Å²) in [7, 11) is 0. The molecule has 0 unspecified atom stereocenters. The predicted octanol–water partition coefficient (Wildman–Crippen LogP) is 2.94. The topological polar surface area (TPSA) is 40.5 Å². The van der Waals surface area contributed by atoms with Gasteiger partial charge in [-0.1, -0.05) is 25.7 Å². The molecule has 0 amide bonds. The molecule has 16 heavy (non-hydrogen) atoms. The summed E-state index contributed by atoms with van der Waals surface area (Å²) in [4.78, 5) is 0. The molecular formula is C12H28O2S2. The van der Waals surface area contributed by atoms with Crippen molar-refractivity contribution < 1.29 is 10.2 Å². The van der Waals surface area contributed by atoms with E-state index < -0.39 is 0 Å². The van der Waals surface area contributed by atoms with Gasteiger partial charge < -0.3 is 10.2 Å². The molecule has 2 N–H and O–H groups in total. The van der Waals surface area contributed by atoms with Crippen molar-refractivity contribution in [1.82, 2.24) is 0 Å². The van der Waals surface area contributed by atoms with Gasteiger partial charge >= 0.3 is 0 Å². The van der Waals surface area contributed by atoms with Crippen LogP contribution in [0.4, 0.5) is 0 Å². The Labute approximate surface area is 112 Å². The van der Waals surface area contributed by atoms with Gasteiger partial charge in [-0.2, -0.15) is 25.3 Å². The lowest BCUT2D eigenvalue weighted by molar-refractivity contribution is 0.282. The molecule has 0 fully saturated rings. The summed E-state index contributed by atoms with van der Waals surface area (Å²) >= 11 is 8.12. The van der Waals surface area contributed by atoms with E-state index in [4.69, 9.17) is 10.2 Å². The highest BCUT2D eigenvalue weighted by molar-refractivity contribution is 7.80. The lowest BCUT2D eigenvalue weighted by Crippen LogP contribution is -1.83. The third-order valence-electron chi connectivity index (χ3n) is 2.13. The number of unbranched alkanes of at least 4 members (excludes halogenated alkanes) is 6. The number of rotatable bonds is 10. The molecule has 0 radical (unpaired) electrons. The number of hydrogen-bond acceptors (Lipinski definition) is 4. The lowest BCUT2D eigenvalue weighted by atomic mass is 10.2. The molecular weight excluding hydrogens is 240 g/mol. The summed E-state index contributed by atoms with van der Waals surface area (Å²) in [5, 5.41) is 16.7. The second-order valence-corrected chi connectivity index (χ2v) is 4.62. The molecule has 0 aromatic carbocycles. The molecule has 0 spiro atoms. The van der Waals surface area contributed by atoms with Gasteiger partial charge in [-0.3, -0.25) is 0 Å². The molecule has 0 bridgehead atoms. The molecule has 2 nitrogen and oxygen atoms in total. The minimum absolute atomic E-state index is 0.340. The first-order valence-corrected chi connectivity index (χ1v) is 7.53. The first-order chi connectivity index (χ1) is 7.83. The van der Waals surface area contributed by atoms with Crippen molar-refractivity contribution in [3.05, 3.63) is 0 Å². The third kappa shape index (κ3) is 24.0. The predicted molar refractivity (Wildman–Crippen MR) is 78.8 cm³/mol. The Morgan fingerprint density at radius 1 is 0.500 bits per heavy atom. The summed E-state index contributed by atoms with van der Waals surface area (Å²) in [5.74, 6) is 1.96. The summed E-state index contributed by atoms with van der Waals surface area (Å²) in [6.45, 7) is 0.680. The maximum absolute atomic E-state index is 8.35. The van der Waals surface area contributed by atoms with Gasteiger partial charge in [-0.05, 0) is 37.2 Å². The second kappa shape index (κ2) is 21.0. The maximum atomic E-state index is 8.35. The molecule has 0 aliphatic rings. The minimum atomic E-state index is 0.340. The zero-order valence-corrected chi connectivity index (χ0v) is 12.1. The van der Waals surface area contributed by atoms with Gasteiger partial charge in [0.05, 0.1) is 0 Å². The normalized spacial score (nSPS) is 9.75. The van der Waals surface area contributed by atoms with Crippen LogP contribution in [0.25, 0.3) is 0 Å². The van der Waals surface area contributed by atoms with Crippen molar-refractivity contribution in [2.24, 2.45) is 0 Å². The highest BCUT2D eigenvalue weighted by atomic mass is 32.1. The van der Waals surface area contributed by atoms with Crippen LogP contribution < -0.4 is 0 Å². The fraction of sp³-hybridized carbons (Fsp3) is 1.00. The van der Waals surface area contributed by atoms with Crippen LogP contribution in [-0.2, 0) is 0 Å². The second-order valence-electron chi connectivity index (χ2n) is 3.72. The van der Waals surface area contributed by atoms with Crippen LogP contribution in [0, 0.1) is 0 Å². The molecule has 0 aromatic heterocycles. The molecule has 0 aromatic rings. The largest absolute Gasteiger partial charge is 0.396 e. The zero-order valence-electron chi connectivity index (χ0n) is 10.3. The minimum Gasteiger partial charge on any atom is -0.396 e. The van der Waals surface area contributed by atoms with Crippen LogP contribution >= 0.6 is 25.3 Å². The first-order valence-electron chi connectivity index (χ1n) is 6.26. The van der Waals surface area contributed by atoms with E-state index in [-0.39, 0.29) is 0 Å². The van der Waals surface area contributed by atoms with E-state index >= 15 is 0 Å². The molecule has 0 aliphatic carbocycles. The summed E-state index contributed by atoms with van der Waals surface area (Å²) in [6, 6.07) is 0. The highest BCUT2D eigenvalue weighted by Gasteiger charge is 1.85. The molecule has 100 valence electrons. The molecule has 0 saturated carbocycles. The van der Waals surface area contributed by atoms with Crippen LogP contribution in [0.3, 0.4) is 0 Å². The van der Waals surface area contributed by atoms with Crippen LogP contribution in [0.1, 0.15) is 51.4 Å². The Kier molecular flexibility index (Phi) is 24.9. The van der Waals surface area contributed by atoms with Crippen molar-refractivity contribution in [1.29, 1.82) is 0 Å². The van der Waals surface area contributed by atoms with Crippen molar-refractivity contribution in [3.63, 3.8) is 0 Å². The Morgan fingerprint density at radius 2 is 0.812 bits per heavy atom. The monoisotopic (exact) mass is 268 g/mol. The SMILES string of the molecule is OCCCCCCS.OCCCCCCS. The van der Waals surface area contributed by atoms with Crippen molar-refractivity contribution in [2.45, 2.75) is 51.4 Å². The number of hydrogen-bond donors (Lipinski definition) is 4. The smallest absolute Gasteiger partial charge is 0.0431 e. The van der Waals surface area contributed by atoms with Gasteiger partial charge in [-0.15, -0.1) is 0 Å². The number of aliphatic hydroxyl groups excluding tert-OH is 2. The zero-order chi connectivity index (χ0) is 12.5. The first kappa shape index (κ1) is 19.0. The summed E-state index contributed by atoms with van der Waals surface area (Å²) in [5.41, 5.74) is 0. The summed E-state index contributed by atoms with van der Waals surface area (Å²) < 4.78 is 0. The quantitative estimate of drug-likeness (QED) is 0.363. The van der Waals surface area contributed by atoms with Gasteiger partial charge in [0.15, 0.2) is 0 Å². The average molecular weight is 268 g/mol. The molecule has 0 aliphatic heterocycles. The third-order valence-corrected chi connectivity index (χ3v) is 2.76. The lowest BCUT2D eigenvalue weighted by Gasteiger charge is -1.93. The van der Waals surface area contributed by atoms with E-state index in [2.05, 4.69) is 25.3 Å². The van der Waals surface area contributed by atoms with Crippen molar-refractivity contribution in [3.8, 4) is 0 Å².